The molecule has 1 rings (SSSR count). The SMILES string of the molecule is COCCCNC(=O)CCN(CC(C)C)C(=O)c1ccoc1. The minimum atomic E-state index is -0.102. The molecule has 1 aromatic heterocycles. The standard InChI is InChI=1S/C16H26N2O4/c1-13(2)11-18(16(20)14-6-10-22-12-14)8-5-15(19)17-7-4-9-21-3/h6,10,12-13H,4-5,7-9,11H2,1-3H3,(H,17,19). The number of furan rings is 1. The number of nitrogens with zero attached hydrogens (tertiary/aromatic N) is 1. The molecule has 22 heavy (non-hydrogen) atoms. The molecule has 0 aromatic carbocycles. The lowest BCUT2D eigenvalue weighted by Gasteiger charge is -2.24. The van der Waals surface area contributed by atoms with E-state index in [2.05, 4.69) is 5.32 Å². The highest BCUT2D eigenvalue weighted by molar-refractivity contribution is 5.94. The number of hydrogen-bond donors (Lipinski definition) is 1. The molecule has 0 spiro atoms. The van der Waals surface area contributed by atoms with Crippen LogP contribution in [0.4, 0.5) is 0 Å². The number of methoxy groups -OCH3 is 1. The Morgan fingerprint density at radius 3 is 2.77 bits per heavy atom. The Balaban J connectivity index is 2.44. The molecule has 0 aliphatic carbocycles. The first kappa shape index (κ1) is 18.2. The van der Waals surface area contributed by atoms with E-state index in [0.29, 0.717) is 44.1 Å². The van der Waals surface area contributed by atoms with E-state index in [1.54, 1.807) is 18.1 Å². The summed E-state index contributed by atoms with van der Waals surface area (Å²) in [4.78, 5) is 25.9. The zero-order chi connectivity index (χ0) is 16.4. The third kappa shape index (κ3) is 6.76. The third-order valence-electron chi connectivity index (χ3n) is 3.10. The predicted octanol–water partition coefficient (Wildman–Crippen LogP) is 1.92. The second-order valence-electron chi connectivity index (χ2n) is 5.60. The minimum absolute atomic E-state index is 0.0511. The van der Waals surface area contributed by atoms with E-state index in [0.717, 1.165) is 6.42 Å². The fraction of sp³-hybridized carbons (Fsp3) is 0.625. The third-order valence-corrected chi connectivity index (χ3v) is 3.10. The summed E-state index contributed by atoms with van der Waals surface area (Å²) in [7, 11) is 1.63. The molecular formula is C16H26N2O4. The summed E-state index contributed by atoms with van der Waals surface area (Å²) >= 11 is 0. The normalized spacial score (nSPS) is 10.7. The first-order valence-electron chi connectivity index (χ1n) is 7.61. The van der Waals surface area contributed by atoms with Gasteiger partial charge in [0.1, 0.15) is 6.26 Å². The van der Waals surface area contributed by atoms with Gasteiger partial charge in [-0.25, -0.2) is 0 Å². The summed E-state index contributed by atoms with van der Waals surface area (Å²) < 4.78 is 9.88. The molecule has 6 nitrogen and oxygen atoms in total. The molecule has 124 valence electrons. The Morgan fingerprint density at radius 2 is 2.18 bits per heavy atom. The summed E-state index contributed by atoms with van der Waals surface area (Å²) in [6.45, 7) is 6.31. The van der Waals surface area contributed by atoms with Crippen molar-refractivity contribution < 1.29 is 18.7 Å². The van der Waals surface area contributed by atoms with Crippen LogP contribution in [-0.4, -0.2) is 50.1 Å². The number of ether oxygens (including phenoxy) is 1. The summed E-state index contributed by atoms with van der Waals surface area (Å²) in [5.41, 5.74) is 0.515. The molecule has 0 fully saturated rings. The molecule has 1 aromatic rings. The number of carbonyl (C=O) groups excluding carboxylic acids is 2. The van der Waals surface area contributed by atoms with E-state index in [-0.39, 0.29) is 11.8 Å². The zero-order valence-electron chi connectivity index (χ0n) is 13.6. The van der Waals surface area contributed by atoms with Crippen molar-refractivity contribution in [1.82, 2.24) is 10.2 Å². The molecule has 6 heteroatoms. The zero-order valence-corrected chi connectivity index (χ0v) is 13.6. The van der Waals surface area contributed by atoms with E-state index in [1.807, 2.05) is 13.8 Å². The smallest absolute Gasteiger partial charge is 0.257 e. The quantitative estimate of drug-likeness (QED) is 0.670. The maximum Gasteiger partial charge on any atom is 0.257 e. The molecule has 0 saturated carbocycles. The van der Waals surface area contributed by atoms with Gasteiger partial charge in [0.25, 0.3) is 5.91 Å². The lowest BCUT2D eigenvalue weighted by molar-refractivity contribution is -0.121. The average molecular weight is 310 g/mol. The van der Waals surface area contributed by atoms with Crippen LogP contribution in [-0.2, 0) is 9.53 Å². The van der Waals surface area contributed by atoms with Gasteiger partial charge in [0.15, 0.2) is 0 Å². The highest BCUT2D eigenvalue weighted by Crippen LogP contribution is 2.09. The summed E-state index contributed by atoms with van der Waals surface area (Å²) in [5, 5.41) is 2.82. The van der Waals surface area contributed by atoms with Crippen molar-refractivity contribution in [2.24, 2.45) is 5.92 Å². The lowest BCUT2D eigenvalue weighted by atomic mass is 10.1. The summed E-state index contributed by atoms with van der Waals surface area (Å²) in [5.74, 6) is 0.181. The van der Waals surface area contributed by atoms with Crippen molar-refractivity contribution in [2.75, 3.05) is 33.4 Å². The van der Waals surface area contributed by atoms with E-state index >= 15 is 0 Å². The number of hydrogen-bond acceptors (Lipinski definition) is 4. The number of nitrogens with one attached hydrogen (secondary N) is 1. The Morgan fingerprint density at radius 1 is 1.41 bits per heavy atom. The number of carbonyl (C=O) groups is 2. The topological polar surface area (TPSA) is 71.8 Å². The molecule has 2 amide bonds. The van der Waals surface area contributed by atoms with Gasteiger partial charge in [0, 0.05) is 39.8 Å². The van der Waals surface area contributed by atoms with E-state index < -0.39 is 0 Å². The van der Waals surface area contributed by atoms with Crippen LogP contribution >= 0.6 is 0 Å². The van der Waals surface area contributed by atoms with Crippen molar-refractivity contribution in [3.8, 4) is 0 Å². The van der Waals surface area contributed by atoms with Crippen molar-refractivity contribution in [1.29, 1.82) is 0 Å². The summed E-state index contributed by atoms with van der Waals surface area (Å²) in [6.07, 6.45) is 3.99. The number of rotatable bonds is 10. The molecule has 1 N–H and O–H groups in total. The van der Waals surface area contributed by atoms with Crippen LogP contribution in [0.1, 0.15) is 37.0 Å². The van der Waals surface area contributed by atoms with E-state index in [4.69, 9.17) is 9.15 Å². The van der Waals surface area contributed by atoms with Gasteiger partial charge >= 0.3 is 0 Å². The fourth-order valence-corrected chi connectivity index (χ4v) is 2.05. The van der Waals surface area contributed by atoms with Gasteiger partial charge in [-0.3, -0.25) is 9.59 Å². The van der Waals surface area contributed by atoms with Gasteiger partial charge in [-0.05, 0) is 18.4 Å². The maximum atomic E-state index is 12.4. The van der Waals surface area contributed by atoms with Crippen LogP contribution in [0.3, 0.4) is 0 Å². The van der Waals surface area contributed by atoms with Crippen LogP contribution in [0, 0.1) is 5.92 Å². The van der Waals surface area contributed by atoms with Crippen LogP contribution in [0.5, 0.6) is 0 Å². The van der Waals surface area contributed by atoms with Gasteiger partial charge in [-0.15, -0.1) is 0 Å². The van der Waals surface area contributed by atoms with Gasteiger partial charge in [0.05, 0.1) is 11.8 Å². The Bertz CT molecular complexity index is 443. The molecule has 0 atom stereocenters. The monoisotopic (exact) mass is 310 g/mol. The molecule has 0 radical (unpaired) electrons. The van der Waals surface area contributed by atoms with Crippen molar-refractivity contribution >= 4 is 11.8 Å². The molecule has 0 bridgehead atoms. The largest absolute Gasteiger partial charge is 0.472 e. The Labute approximate surface area is 131 Å². The van der Waals surface area contributed by atoms with Gasteiger partial charge in [-0.1, -0.05) is 13.8 Å². The highest BCUT2D eigenvalue weighted by atomic mass is 16.5. The van der Waals surface area contributed by atoms with Gasteiger partial charge in [0.2, 0.25) is 5.91 Å². The fourth-order valence-electron chi connectivity index (χ4n) is 2.05. The maximum absolute atomic E-state index is 12.4. The van der Waals surface area contributed by atoms with E-state index in [9.17, 15) is 9.59 Å². The second kappa shape index (κ2) is 10.00. The molecule has 0 unspecified atom stereocenters. The summed E-state index contributed by atoms with van der Waals surface area (Å²) in [6, 6.07) is 1.64. The lowest BCUT2D eigenvalue weighted by Crippen LogP contribution is -2.37. The first-order chi connectivity index (χ1) is 10.5. The molecule has 1 heterocycles. The molecule has 0 aliphatic heterocycles. The molecular weight excluding hydrogens is 284 g/mol. The Kier molecular flexibility index (Phi) is 8.28. The molecule has 0 saturated heterocycles. The van der Waals surface area contributed by atoms with Crippen molar-refractivity contribution in [3.63, 3.8) is 0 Å². The van der Waals surface area contributed by atoms with E-state index in [1.165, 1.54) is 12.5 Å². The van der Waals surface area contributed by atoms with Crippen LogP contribution < -0.4 is 5.32 Å². The first-order valence-corrected chi connectivity index (χ1v) is 7.61. The molecule has 0 aliphatic rings. The van der Waals surface area contributed by atoms with Crippen molar-refractivity contribution in [2.45, 2.75) is 26.7 Å². The van der Waals surface area contributed by atoms with Crippen LogP contribution in [0.2, 0.25) is 0 Å². The van der Waals surface area contributed by atoms with Gasteiger partial charge in [-0.2, -0.15) is 0 Å². The average Bonchev–Trinajstić information content (AvgIpc) is 3.01. The van der Waals surface area contributed by atoms with Crippen molar-refractivity contribution in [3.05, 3.63) is 24.2 Å². The Hall–Kier alpha value is -1.82. The van der Waals surface area contributed by atoms with Crippen LogP contribution in [0.25, 0.3) is 0 Å². The van der Waals surface area contributed by atoms with Crippen LogP contribution in [0.15, 0.2) is 23.0 Å². The minimum Gasteiger partial charge on any atom is -0.472 e. The van der Waals surface area contributed by atoms with Gasteiger partial charge < -0.3 is 19.4 Å². The number of amides is 2. The highest BCUT2D eigenvalue weighted by Gasteiger charge is 2.18. The predicted molar refractivity (Wildman–Crippen MR) is 83.6 cm³/mol. The second-order valence-corrected chi connectivity index (χ2v) is 5.60.